The maximum Gasteiger partial charge on any atom is 0.221 e. The monoisotopic (exact) mass is 348 g/mol. The Hall–Kier alpha value is -3.47. The van der Waals surface area contributed by atoms with Gasteiger partial charge in [-0.25, -0.2) is 0 Å². The highest BCUT2D eigenvalue weighted by atomic mass is 16.2. The zero-order chi connectivity index (χ0) is 18.9. The van der Waals surface area contributed by atoms with Gasteiger partial charge in [0.15, 0.2) is 5.78 Å². The van der Waals surface area contributed by atoms with E-state index in [0.29, 0.717) is 11.4 Å². The van der Waals surface area contributed by atoms with E-state index >= 15 is 0 Å². The molecule has 2 amide bonds. The van der Waals surface area contributed by atoms with E-state index in [9.17, 15) is 14.4 Å². The number of ketones is 1. The van der Waals surface area contributed by atoms with Gasteiger partial charge in [0.05, 0.1) is 0 Å². The van der Waals surface area contributed by atoms with Gasteiger partial charge in [-0.2, -0.15) is 0 Å². The lowest BCUT2D eigenvalue weighted by atomic mass is 10.1. The zero-order valence-corrected chi connectivity index (χ0v) is 14.7. The number of carbonyl (C=O) groups is 3. The number of hydrogen-bond donors (Lipinski definition) is 2. The third-order valence-corrected chi connectivity index (χ3v) is 3.34. The van der Waals surface area contributed by atoms with Crippen molar-refractivity contribution >= 4 is 41.1 Å². The van der Waals surface area contributed by atoms with Crippen LogP contribution in [0, 0.1) is 0 Å². The molecule has 5 heteroatoms. The average Bonchev–Trinajstić information content (AvgIpc) is 2.59. The quantitative estimate of drug-likeness (QED) is 0.778. The van der Waals surface area contributed by atoms with Crippen LogP contribution in [0.5, 0.6) is 0 Å². The van der Waals surface area contributed by atoms with Crippen LogP contribution in [0.2, 0.25) is 0 Å². The molecule has 0 aliphatic carbocycles. The van der Waals surface area contributed by atoms with Gasteiger partial charge in [0, 0.05) is 25.2 Å². The summed E-state index contributed by atoms with van der Waals surface area (Å²) < 4.78 is 0. The maximum absolute atomic E-state index is 11.9. The largest absolute Gasteiger partial charge is 0.326 e. The van der Waals surface area contributed by atoms with Gasteiger partial charge in [-0.05, 0) is 47.5 Å². The third-order valence-electron chi connectivity index (χ3n) is 3.34. The predicted octanol–water partition coefficient (Wildman–Crippen LogP) is 3.90. The molecule has 0 unspecified atom stereocenters. The summed E-state index contributed by atoms with van der Waals surface area (Å²) >= 11 is 0. The fourth-order valence-corrected chi connectivity index (χ4v) is 2.17. The molecule has 2 rings (SSSR count). The molecule has 0 saturated heterocycles. The molecule has 0 saturated carbocycles. The Morgan fingerprint density at radius 2 is 1.00 bits per heavy atom. The van der Waals surface area contributed by atoms with E-state index in [-0.39, 0.29) is 17.6 Å². The van der Waals surface area contributed by atoms with Gasteiger partial charge in [0.1, 0.15) is 0 Å². The first-order chi connectivity index (χ1) is 12.4. The normalized spacial score (nSPS) is 10.8. The van der Waals surface area contributed by atoms with Crippen molar-refractivity contribution in [3.63, 3.8) is 0 Å². The molecule has 2 aromatic rings. The maximum atomic E-state index is 11.9. The van der Waals surface area contributed by atoms with Gasteiger partial charge in [-0.3, -0.25) is 14.4 Å². The van der Waals surface area contributed by atoms with Crippen LogP contribution in [0.1, 0.15) is 25.0 Å². The van der Waals surface area contributed by atoms with Crippen molar-refractivity contribution in [1.82, 2.24) is 0 Å². The van der Waals surface area contributed by atoms with E-state index in [1.165, 1.54) is 26.0 Å². The minimum atomic E-state index is -0.137. The SMILES string of the molecule is CC(=O)Nc1ccc(C=CC(=O)C=Cc2ccc(NC(C)=O)cc2)cc1. The molecule has 0 fully saturated rings. The van der Waals surface area contributed by atoms with Crippen molar-refractivity contribution in [2.45, 2.75) is 13.8 Å². The van der Waals surface area contributed by atoms with Crippen molar-refractivity contribution in [1.29, 1.82) is 0 Å². The number of nitrogens with one attached hydrogen (secondary N) is 2. The number of carbonyl (C=O) groups excluding carboxylic acids is 3. The van der Waals surface area contributed by atoms with E-state index in [1.54, 1.807) is 36.4 Å². The number of rotatable bonds is 6. The van der Waals surface area contributed by atoms with E-state index in [2.05, 4.69) is 10.6 Å². The lowest BCUT2D eigenvalue weighted by Crippen LogP contribution is -2.05. The van der Waals surface area contributed by atoms with Gasteiger partial charge >= 0.3 is 0 Å². The number of anilines is 2. The zero-order valence-electron chi connectivity index (χ0n) is 14.7. The highest BCUT2D eigenvalue weighted by Gasteiger charge is 1.97. The molecule has 2 aromatic carbocycles. The smallest absolute Gasteiger partial charge is 0.221 e. The number of hydrogen-bond acceptors (Lipinski definition) is 3. The minimum absolute atomic E-state index is 0.126. The third kappa shape index (κ3) is 6.57. The van der Waals surface area contributed by atoms with Gasteiger partial charge in [-0.15, -0.1) is 0 Å². The summed E-state index contributed by atoms with van der Waals surface area (Å²) in [6, 6.07) is 14.4. The predicted molar refractivity (Wildman–Crippen MR) is 105 cm³/mol. The van der Waals surface area contributed by atoms with Gasteiger partial charge < -0.3 is 10.6 Å². The Morgan fingerprint density at radius 1 is 0.654 bits per heavy atom. The average molecular weight is 348 g/mol. The lowest BCUT2D eigenvalue weighted by molar-refractivity contribution is -0.115. The summed E-state index contributed by atoms with van der Waals surface area (Å²) in [4.78, 5) is 33.9. The molecular weight excluding hydrogens is 328 g/mol. The van der Waals surface area contributed by atoms with Crippen LogP contribution in [0.3, 0.4) is 0 Å². The Bertz CT molecular complexity index is 776. The Kier molecular flexibility index (Phi) is 6.62. The fourth-order valence-electron chi connectivity index (χ4n) is 2.17. The van der Waals surface area contributed by atoms with Crippen molar-refractivity contribution in [3.8, 4) is 0 Å². The summed E-state index contributed by atoms with van der Waals surface area (Å²) in [7, 11) is 0. The van der Waals surface area contributed by atoms with Crippen molar-refractivity contribution in [3.05, 3.63) is 71.8 Å². The molecule has 0 radical (unpaired) electrons. The summed E-state index contributed by atoms with van der Waals surface area (Å²) in [6.07, 6.45) is 6.39. The summed E-state index contributed by atoms with van der Waals surface area (Å²) in [5, 5.41) is 5.37. The number of amides is 2. The molecule has 0 bridgehead atoms. The second-order valence-corrected chi connectivity index (χ2v) is 5.68. The van der Waals surface area contributed by atoms with Crippen LogP contribution in [0.25, 0.3) is 12.2 Å². The van der Waals surface area contributed by atoms with Crippen LogP contribution >= 0.6 is 0 Å². The van der Waals surface area contributed by atoms with E-state index in [4.69, 9.17) is 0 Å². The molecule has 26 heavy (non-hydrogen) atoms. The van der Waals surface area contributed by atoms with Crippen LogP contribution in [0.4, 0.5) is 11.4 Å². The molecule has 5 nitrogen and oxygen atoms in total. The number of allylic oxidation sites excluding steroid dienone is 2. The van der Waals surface area contributed by atoms with Gasteiger partial charge in [-0.1, -0.05) is 36.4 Å². The van der Waals surface area contributed by atoms with E-state index in [0.717, 1.165) is 11.1 Å². The van der Waals surface area contributed by atoms with Crippen molar-refractivity contribution < 1.29 is 14.4 Å². The Labute approximate surface area is 152 Å². The van der Waals surface area contributed by atoms with Crippen LogP contribution in [0.15, 0.2) is 60.7 Å². The summed E-state index contributed by atoms with van der Waals surface area (Å²) in [5.74, 6) is -0.390. The summed E-state index contributed by atoms with van der Waals surface area (Å²) in [5.41, 5.74) is 3.15. The Morgan fingerprint density at radius 3 is 1.31 bits per heavy atom. The fraction of sp³-hybridized carbons (Fsp3) is 0.0952. The highest BCUT2D eigenvalue weighted by molar-refractivity contribution is 6.04. The molecule has 0 heterocycles. The highest BCUT2D eigenvalue weighted by Crippen LogP contribution is 2.12. The first-order valence-corrected chi connectivity index (χ1v) is 8.08. The minimum Gasteiger partial charge on any atom is -0.326 e. The number of benzene rings is 2. The van der Waals surface area contributed by atoms with Crippen LogP contribution in [-0.4, -0.2) is 17.6 Å². The molecule has 0 aliphatic rings. The molecule has 2 N–H and O–H groups in total. The van der Waals surface area contributed by atoms with Gasteiger partial charge in [0.25, 0.3) is 0 Å². The lowest BCUT2D eigenvalue weighted by Gasteiger charge is -2.01. The van der Waals surface area contributed by atoms with Crippen LogP contribution < -0.4 is 10.6 Å². The molecule has 0 atom stereocenters. The first kappa shape index (κ1) is 18.9. The molecule has 0 aromatic heterocycles. The molecule has 0 spiro atoms. The second kappa shape index (κ2) is 9.13. The van der Waals surface area contributed by atoms with Gasteiger partial charge in [0.2, 0.25) is 11.8 Å². The van der Waals surface area contributed by atoms with Crippen molar-refractivity contribution in [2.75, 3.05) is 10.6 Å². The molecule has 0 aliphatic heterocycles. The molecular formula is C21H20N2O3. The summed E-state index contributed by atoms with van der Waals surface area (Å²) in [6.45, 7) is 2.90. The Balaban J connectivity index is 1.92. The first-order valence-electron chi connectivity index (χ1n) is 8.08. The van der Waals surface area contributed by atoms with Crippen LogP contribution in [-0.2, 0) is 14.4 Å². The second-order valence-electron chi connectivity index (χ2n) is 5.68. The molecule has 132 valence electrons. The topological polar surface area (TPSA) is 75.3 Å². The van der Waals surface area contributed by atoms with Crippen molar-refractivity contribution in [2.24, 2.45) is 0 Å². The van der Waals surface area contributed by atoms with E-state index < -0.39 is 0 Å². The standard InChI is InChI=1S/C21H20N2O3/c1-15(24)22-19-9-3-17(4-10-19)7-13-21(26)14-8-18-5-11-20(12-6-18)23-16(2)25/h3-14H,1-2H3,(H,22,24)(H,23,25). The van der Waals surface area contributed by atoms with E-state index in [1.807, 2.05) is 24.3 Å².